The van der Waals surface area contributed by atoms with Crippen LogP contribution in [0, 0.1) is 0 Å². The quantitative estimate of drug-likeness (QED) is 0.923. The van der Waals surface area contributed by atoms with Gasteiger partial charge in [0.15, 0.2) is 0 Å². The number of nitrogen functional groups attached to an aromatic ring is 1. The highest BCUT2D eigenvalue weighted by Crippen LogP contribution is 2.20. The zero-order valence-corrected chi connectivity index (χ0v) is 12.9. The van der Waals surface area contributed by atoms with E-state index >= 15 is 0 Å². The largest absolute Gasteiger partial charge is 0.368 e. The highest BCUT2D eigenvalue weighted by molar-refractivity contribution is 9.10. The molecule has 0 atom stereocenters. The molecule has 0 aliphatic rings. The van der Waals surface area contributed by atoms with E-state index in [0.29, 0.717) is 12.2 Å². The van der Waals surface area contributed by atoms with Crippen molar-refractivity contribution in [3.63, 3.8) is 0 Å². The summed E-state index contributed by atoms with van der Waals surface area (Å²) in [6.45, 7) is 6.18. The van der Waals surface area contributed by atoms with E-state index < -0.39 is 0 Å². The van der Waals surface area contributed by atoms with E-state index in [1.807, 2.05) is 18.2 Å². The standard InChI is InChI=1S/C14H17BrN4/c1-14(2,3)12-17-11(18-13(16)19-12)8-9-5-4-6-10(15)7-9/h4-7H,8H2,1-3H3,(H2,16,17,18,19). The van der Waals surface area contributed by atoms with Crippen LogP contribution in [0.1, 0.15) is 38.0 Å². The highest BCUT2D eigenvalue weighted by Gasteiger charge is 2.19. The molecule has 0 saturated carbocycles. The third-order valence-corrected chi connectivity index (χ3v) is 3.11. The van der Waals surface area contributed by atoms with Gasteiger partial charge in [-0.05, 0) is 17.7 Å². The fourth-order valence-electron chi connectivity index (χ4n) is 1.68. The van der Waals surface area contributed by atoms with E-state index in [0.717, 1.165) is 15.9 Å². The van der Waals surface area contributed by atoms with E-state index in [9.17, 15) is 0 Å². The lowest BCUT2D eigenvalue weighted by molar-refractivity contribution is 0.538. The minimum Gasteiger partial charge on any atom is -0.368 e. The first kappa shape index (κ1) is 13.9. The molecular weight excluding hydrogens is 304 g/mol. The number of halogens is 1. The number of hydrogen-bond acceptors (Lipinski definition) is 4. The minimum absolute atomic E-state index is 0.136. The predicted octanol–water partition coefficient (Wildman–Crippen LogP) is 3.10. The van der Waals surface area contributed by atoms with Gasteiger partial charge in [-0.15, -0.1) is 0 Å². The second kappa shape index (κ2) is 5.25. The number of nitrogens with zero attached hydrogens (tertiary/aromatic N) is 3. The first-order valence-electron chi connectivity index (χ1n) is 6.10. The van der Waals surface area contributed by atoms with Crippen molar-refractivity contribution in [2.75, 3.05) is 5.73 Å². The Hall–Kier alpha value is -1.49. The van der Waals surface area contributed by atoms with E-state index in [-0.39, 0.29) is 11.4 Å². The van der Waals surface area contributed by atoms with E-state index in [1.54, 1.807) is 0 Å². The smallest absolute Gasteiger partial charge is 0.223 e. The second-order valence-corrected chi connectivity index (χ2v) is 6.41. The fourth-order valence-corrected chi connectivity index (χ4v) is 2.13. The minimum atomic E-state index is -0.136. The Morgan fingerprint density at radius 2 is 1.89 bits per heavy atom. The number of anilines is 1. The molecule has 0 spiro atoms. The van der Waals surface area contributed by atoms with Gasteiger partial charge >= 0.3 is 0 Å². The third-order valence-electron chi connectivity index (χ3n) is 2.62. The molecule has 2 N–H and O–H groups in total. The van der Waals surface area contributed by atoms with Crippen molar-refractivity contribution in [2.24, 2.45) is 0 Å². The van der Waals surface area contributed by atoms with Gasteiger partial charge < -0.3 is 5.73 Å². The maximum atomic E-state index is 5.77. The Bertz CT molecular complexity index is 590. The Morgan fingerprint density at radius 1 is 1.16 bits per heavy atom. The SMILES string of the molecule is CC(C)(C)c1nc(N)nc(Cc2cccc(Br)c2)n1. The topological polar surface area (TPSA) is 64.7 Å². The Labute approximate surface area is 121 Å². The van der Waals surface area contributed by atoms with Crippen LogP contribution in [0.15, 0.2) is 28.7 Å². The molecule has 1 heterocycles. The number of rotatable bonds is 2. The molecule has 1 aromatic heterocycles. The monoisotopic (exact) mass is 320 g/mol. The van der Waals surface area contributed by atoms with Gasteiger partial charge in [0.05, 0.1) is 0 Å². The number of nitrogens with two attached hydrogens (primary N) is 1. The van der Waals surface area contributed by atoms with Crippen LogP contribution in [0.3, 0.4) is 0 Å². The van der Waals surface area contributed by atoms with Gasteiger partial charge in [-0.2, -0.15) is 9.97 Å². The van der Waals surface area contributed by atoms with Gasteiger partial charge in [-0.3, -0.25) is 0 Å². The molecule has 5 heteroatoms. The molecule has 2 aromatic rings. The van der Waals surface area contributed by atoms with Crippen LogP contribution in [0.4, 0.5) is 5.95 Å². The second-order valence-electron chi connectivity index (χ2n) is 5.49. The lowest BCUT2D eigenvalue weighted by Crippen LogP contribution is -2.19. The van der Waals surface area contributed by atoms with Gasteiger partial charge in [0.2, 0.25) is 5.95 Å². The summed E-state index contributed by atoms with van der Waals surface area (Å²) in [5.41, 5.74) is 6.77. The molecule has 0 radical (unpaired) electrons. The Kier molecular flexibility index (Phi) is 3.85. The van der Waals surface area contributed by atoms with Crippen molar-refractivity contribution in [3.8, 4) is 0 Å². The molecule has 0 fully saturated rings. The van der Waals surface area contributed by atoms with Gasteiger partial charge in [-0.25, -0.2) is 4.98 Å². The van der Waals surface area contributed by atoms with Crippen molar-refractivity contribution in [2.45, 2.75) is 32.6 Å². The van der Waals surface area contributed by atoms with Crippen LogP contribution in [0.25, 0.3) is 0 Å². The highest BCUT2D eigenvalue weighted by atomic mass is 79.9. The molecule has 0 aliphatic carbocycles. The van der Waals surface area contributed by atoms with Gasteiger partial charge in [-0.1, -0.05) is 48.8 Å². The Balaban J connectivity index is 2.33. The average Bonchev–Trinajstić information content (AvgIpc) is 2.26. The maximum Gasteiger partial charge on any atom is 0.223 e. The van der Waals surface area contributed by atoms with Gasteiger partial charge in [0.1, 0.15) is 11.6 Å². The summed E-state index contributed by atoms with van der Waals surface area (Å²) >= 11 is 3.46. The maximum absolute atomic E-state index is 5.77. The normalized spacial score (nSPS) is 11.6. The van der Waals surface area contributed by atoms with Gasteiger partial charge in [0.25, 0.3) is 0 Å². The fraction of sp³-hybridized carbons (Fsp3) is 0.357. The van der Waals surface area contributed by atoms with Crippen LogP contribution >= 0.6 is 15.9 Å². The van der Waals surface area contributed by atoms with Crippen LogP contribution in [0.2, 0.25) is 0 Å². The zero-order valence-electron chi connectivity index (χ0n) is 11.3. The first-order valence-corrected chi connectivity index (χ1v) is 6.89. The molecule has 4 nitrogen and oxygen atoms in total. The van der Waals surface area contributed by atoms with Crippen molar-refractivity contribution in [1.29, 1.82) is 0 Å². The molecule has 0 unspecified atom stereocenters. The Morgan fingerprint density at radius 3 is 2.53 bits per heavy atom. The summed E-state index contributed by atoms with van der Waals surface area (Å²) < 4.78 is 1.04. The molecule has 0 saturated heterocycles. The summed E-state index contributed by atoms with van der Waals surface area (Å²) in [7, 11) is 0. The third kappa shape index (κ3) is 3.73. The zero-order chi connectivity index (χ0) is 14.0. The molecular formula is C14H17BrN4. The number of aromatic nitrogens is 3. The molecule has 0 amide bonds. The van der Waals surface area contributed by atoms with Crippen LogP contribution < -0.4 is 5.73 Å². The molecule has 0 aliphatic heterocycles. The predicted molar refractivity (Wildman–Crippen MR) is 79.9 cm³/mol. The number of benzene rings is 1. The summed E-state index contributed by atoms with van der Waals surface area (Å²) in [6, 6.07) is 8.08. The van der Waals surface area contributed by atoms with E-state index in [2.05, 4.69) is 57.7 Å². The number of hydrogen-bond donors (Lipinski definition) is 1. The lowest BCUT2D eigenvalue weighted by atomic mass is 9.96. The first-order chi connectivity index (χ1) is 8.84. The summed E-state index contributed by atoms with van der Waals surface area (Å²) in [5, 5.41) is 0. The average molecular weight is 321 g/mol. The van der Waals surface area contributed by atoms with Crippen molar-refractivity contribution in [1.82, 2.24) is 15.0 Å². The molecule has 2 rings (SSSR count). The summed E-state index contributed by atoms with van der Waals surface area (Å²) in [4.78, 5) is 12.9. The van der Waals surface area contributed by atoms with Crippen LogP contribution in [-0.4, -0.2) is 15.0 Å². The van der Waals surface area contributed by atoms with E-state index in [1.165, 1.54) is 0 Å². The molecule has 19 heavy (non-hydrogen) atoms. The molecule has 1 aromatic carbocycles. The summed E-state index contributed by atoms with van der Waals surface area (Å²) in [5.74, 6) is 1.71. The van der Waals surface area contributed by atoms with Crippen LogP contribution in [-0.2, 0) is 11.8 Å². The van der Waals surface area contributed by atoms with Crippen molar-refractivity contribution >= 4 is 21.9 Å². The van der Waals surface area contributed by atoms with E-state index in [4.69, 9.17) is 5.73 Å². The molecule has 100 valence electrons. The summed E-state index contributed by atoms with van der Waals surface area (Å²) in [6.07, 6.45) is 0.648. The lowest BCUT2D eigenvalue weighted by Gasteiger charge is -2.17. The van der Waals surface area contributed by atoms with Crippen LogP contribution in [0.5, 0.6) is 0 Å². The molecule has 0 bridgehead atoms. The van der Waals surface area contributed by atoms with Gasteiger partial charge in [0, 0.05) is 16.3 Å². The van der Waals surface area contributed by atoms with Crippen molar-refractivity contribution < 1.29 is 0 Å². The van der Waals surface area contributed by atoms with Crippen molar-refractivity contribution in [3.05, 3.63) is 46.0 Å².